The minimum absolute atomic E-state index is 0.378. The molecular weight excluding hydrogens is 238 g/mol. The number of ketones is 1. The Hall–Kier alpha value is -1.30. The maximum Gasteiger partial charge on any atom is 0.182 e. The molecule has 1 aliphatic heterocycles. The number of benzene rings is 1. The maximum atomic E-state index is 13.4. The van der Waals surface area contributed by atoms with E-state index in [4.69, 9.17) is 0 Å². The number of hydrogen-bond acceptors (Lipinski definition) is 3. The first kappa shape index (κ1) is 11.2. The number of carbonyl (C=O) groups is 1. The average Bonchev–Trinajstić information content (AvgIpc) is 2.11. The summed E-state index contributed by atoms with van der Waals surface area (Å²) >= 11 is 0. The Morgan fingerprint density at radius 1 is 1.31 bits per heavy atom. The van der Waals surface area contributed by atoms with Crippen molar-refractivity contribution in [3.05, 3.63) is 29.3 Å². The molecule has 3 nitrogen and oxygen atoms in total. The van der Waals surface area contributed by atoms with Gasteiger partial charge in [-0.25, -0.2) is 17.2 Å². The molecule has 0 bridgehead atoms. The first-order valence-electron chi connectivity index (χ1n) is 4.59. The molecule has 1 aliphatic rings. The fourth-order valence-electron chi connectivity index (χ4n) is 1.81. The van der Waals surface area contributed by atoms with Gasteiger partial charge in [0.05, 0.1) is 5.75 Å². The first-order valence-corrected chi connectivity index (χ1v) is 6.24. The number of Topliss-reactive ketones (excluding diaryl/α,β-unsaturated/α-hetero) is 1. The van der Waals surface area contributed by atoms with Gasteiger partial charge in [0.25, 0.3) is 0 Å². The molecule has 0 aromatic heterocycles. The van der Waals surface area contributed by atoms with Crippen LogP contribution in [0.2, 0.25) is 0 Å². The molecule has 86 valence electrons. The minimum Gasteiger partial charge on any atom is -0.294 e. The number of carbonyl (C=O) groups excluding carboxylic acids is 1. The van der Waals surface area contributed by atoms with Crippen LogP contribution in [0.5, 0.6) is 0 Å². The molecule has 1 aromatic rings. The van der Waals surface area contributed by atoms with Gasteiger partial charge in [-0.3, -0.25) is 4.79 Å². The molecule has 1 atom stereocenters. The smallest absolute Gasteiger partial charge is 0.182 e. The van der Waals surface area contributed by atoms with Gasteiger partial charge in [0.1, 0.15) is 16.5 Å². The zero-order valence-electron chi connectivity index (χ0n) is 8.33. The van der Waals surface area contributed by atoms with Gasteiger partial charge < -0.3 is 0 Å². The molecule has 0 saturated heterocycles. The topological polar surface area (TPSA) is 51.2 Å². The lowest BCUT2D eigenvalue weighted by Crippen LogP contribution is -2.30. The Labute approximate surface area is 91.0 Å². The first-order chi connectivity index (χ1) is 7.33. The zero-order chi connectivity index (χ0) is 12.1. The fraction of sp³-hybridized carbons (Fsp3) is 0.300. The lowest BCUT2D eigenvalue weighted by Gasteiger charge is -2.20. The van der Waals surface area contributed by atoms with E-state index >= 15 is 0 Å². The second-order valence-corrected chi connectivity index (χ2v) is 5.78. The van der Waals surface area contributed by atoms with Gasteiger partial charge in [-0.2, -0.15) is 0 Å². The lowest BCUT2D eigenvalue weighted by atomic mass is 10.00. The molecule has 0 spiro atoms. The molecule has 0 radical (unpaired) electrons. The molecule has 0 N–H and O–H groups in total. The second kappa shape index (κ2) is 3.35. The number of rotatable bonds is 0. The number of fused-ring (bicyclic) bond motifs is 1. The molecule has 1 aromatic carbocycles. The summed E-state index contributed by atoms with van der Waals surface area (Å²) in [6.45, 7) is 1.42. The highest BCUT2D eigenvalue weighted by atomic mass is 32.2. The van der Waals surface area contributed by atoms with E-state index in [-0.39, 0.29) is 5.56 Å². The summed E-state index contributed by atoms with van der Waals surface area (Å²) in [4.78, 5) is 10.9. The third-order valence-corrected chi connectivity index (χ3v) is 4.48. The van der Waals surface area contributed by atoms with Crippen LogP contribution in [0.4, 0.5) is 8.78 Å². The van der Waals surface area contributed by atoms with Crippen molar-refractivity contribution in [3.63, 3.8) is 0 Å². The van der Waals surface area contributed by atoms with Crippen molar-refractivity contribution >= 4 is 15.6 Å². The predicted octanol–water partition coefficient (Wildman–Crippen LogP) is 1.57. The molecule has 1 heterocycles. The Balaban J connectivity index is 2.84. The van der Waals surface area contributed by atoms with Crippen molar-refractivity contribution in [2.75, 3.05) is 5.75 Å². The maximum absolute atomic E-state index is 13.4. The lowest BCUT2D eigenvalue weighted by molar-refractivity contribution is 0.0932. The average molecular weight is 246 g/mol. The van der Waals surface area contributed by atoms with Gasteiger partial charge in [0, 0.05) is 17.5 Å². The predicted molar refractivity (Wildman–Crippen MR) is 51.9 cm³/mol. The van der Waals surface area contributed by atoms with E-state index in [1.54, 1.807) is 0 Å². The molecular formula is C10H8F2O3S. The van der Waals surface area contributed by atoms with Crippen molar-refractivity contribution in [2.24, 2.45) is 5.92 Å². The van der Waals surface area contributed by atoms with Gasteiger partial charge >= 0.3 is 0 Å². The second-order valence-electron chi connectivity index (χ2n) is 3.81. The van der Waals surface area contributed by atoms with E-state index in [1.165, 1.54) is 6.92 Å². The molecule has 0 fully saturated rings. The Morgan fingerprint density at radius 3 is 2.56 bits per heavy atom. The zero-order valence-corrected chi connectivity index (χ0v) is 9.14. The molecule has 0 aliphatic carbocycles. The van der Waals surface area contributed by atoms with Crippen LogP contribution < -0.4 is 0 Å². The largest absolute Gasteiger partial charge is 0.294 e. The fourth-order valence-corrected chi connectivity index (χ4v) is 3.64. The van der Waals surface area contributed by atoms with E-state index in [2.05, 4.69) is 0 Å². The monoisotopic (exact) mass is 246 g/mol. The third kappa shape index (κ3) is 1.53. The van der Waals surface area contributed by atoms with Crippen LogP contribution in [-0.2, 0) is 9.84 Å². The van der Waals surface area contributed by atoms with Gasteiger partial charge in [-0.05, 0) is 6.07 Å². The van der Waals surface area contributed by atoms with E-state index in [0.29, 0.717) is 6.07 Å². The molecule has 0 saturated carbocycles. The van der Waals surface area contributed by atoms with Crippen LogP contribution in [0.25, 0.3) is 0 Å². The van der Waals surface area contributed by atoms with Crippen LogP contribution in [0.3, 0.4) is 0 Å². The van der Waals surface area contributed by atoms with E-state index < -0.39 is 43.8 Å². The standard InChI is InChI=1S/C10H8F2O3S/c1-5-4-16(14,15)10-7(9(5)13)2-6(11)3-8(10)12/h2-3,5H,4H2,1H3. The van der Waals surface area contributed by atoms with Gasteiger partial charge in [0.2, 0.25) is 0 Å². The number of halogens is 2. The van der Waals surface area contributed by atoms with Gasteiger partial charge in [-0.15, -0.1) is 0 Å². The van der Waals surface area contributed by atoms with Crippen molar-refractivity contribution < 1.29 is 22.0 Å². The van der Waals surface area contributed by atoms with Crippen LogP contribution in [-0.4, -0.2) is 20.0 Å². The van der Waals surface area contributed by atoms with Crippen LogP contribution in [0, 0.1) is 17.6 Å². The Morgan fingerprint density at radius 2 is 1.94 bits per heavy atom. The summed E-state index contributed by atoms with van der Waals surface area (Å²) in [5.41, 5.74) is -0.378. The van der Waals surface area contributed by atoms with Crippen LogP contribution >= 0.6 is 0 Å². The molecule has 0 amide bonds. The molecule has 16 heavy (non-hydrogen) atoms. The van der Waals surface area contributed by atoms with Crippen molar-refractivity contribution in [1.29, 1.82) is 0 Å². The van der Waals surface area contributed by atoms with Gasteiger partial charge in [0.15, 0.2) is 15.6 Å². The molecule has 2 rings (SSSR count). The molecule has 6 heteroatoms. The summed E-state index contributed by atoms with van der Waals surface area (Å²) in [6.07, 6.45) is 0. The van der Waals surface area contributed by atoms with Crippen molar-refractivity contribution in [2.45, 2.75) is 11.8 Å². The minimum atomic E-state index is -3.83. The van der Waals surface area contributed by atoms with Crippen molar-refractivity contribution in [1.82, 2.24) is 0 Å². The Bertz CT molecular complexity index is 578. The highest BCUT2D eigenvalue weighted by molar-refractivity contribution is 7.91. The summed E-state index contributed by atoms with van der Waals surface area (Å²) in [6, 6.07) is 1.24. The van der Waals surface area contributed by atoms with Crippen LogP contribution in [0.15, 0.2) is 17.0 Å². The SMILES string of the molecule is CC1CS(=O)(=O)c2c(F)cc(F)cc2C1=O. The quantitative estimate of drug-likeness (QED) is 0.653. The number of hydrogen-bond donors (Lipinski definition) is 0. The summed E-state index contributed by atoms with van der Waals surface area (Å²) in [5.74, 6) is -3.88. The summed E-state index contributed by atoms with van der Waals surface area (Å²) in [5, 5.41) is 0. The normalized spacial score (nSPS) is 22.9. The Kier molecular flexibility index (Phi) is 2.34. The van der Waals surface area contributed by atoms with Gasteiger partial charge in [-0.1, -0.05) is 6.92 Å². The summed E-state index contributed by atoms with van der Waals surface area (Å²) < 4.78 is 49.6. The third-order valence-electron chi connectivity index (χ3n) is 2.50. The van der Waals surface area contributed by atoms with E-state index in [0.717, 1.165) is 6.07 Å². The van der Waals surface area contributed by atoms with E-state index in [1.807, 2.05) is 0 Å². The van der Waals surface area contributed by atoms with E-state index in [9.17, 15) is 22.0 Å². The summed E-state index contributed by atoms with van der Waals surface area (Å²) in [7, 11) is -3.83. The molecule has 1 unspecified atom stereocenters. The highest BCUT2D eigenvalue weighted by Crippen LogP contribution is 2.30. The van der Waals surface area contributed by atoms with Crippen LogP contribution in [0.1, 0.15) is 17.3 Å². The van der Waals surface area contributed by atoms with Crippen molar-refractivity contribution in [3.8, 4) is 0 Å². The highest BCUT2D eigenvalue weighted by Gasteiger charge is 2.37. The number of sulfone groups is 1.